The predicted octanol–water partition coefficient (Wildman–Crippen LogP) is 5.87. The van der Waals surface area contributed by atoms with Crippen LogP contribution in [0.2, 0.25) is 0 Å². The summed E-state index contributed by atoms with van der Waals surface area (Å²) in [5, 5.41) is 6.63. The smallest absolute Gasteiger partial charge is 0.323 e. The summed E-state index contributed by atoms with van der Waals surface area (Å²) in [5.74, 6) is 1.23. The van der Waals surface area contributed by atoms with Gasteiger partial charge in [-0.05, 0) is 59.7 Å². The quantitative estimate of drug-likeness (QED) is 0.471. The molecule has 1 aliphatic rings. The Morgan fingerprint density at radius 1 is 0.867 bits per heavy atom. The molecule has 4 heteroatoms. The van der Waals surface area contributed by atoms with Gasteiger partial charge in [-0.2, -0.15) is 0 Å². The van der Waals surface area contributed by atoms with Gasteiger partial charge in [-0.15, -0.1) is 0 Å². The van der Waals surface area contributed by atoms with Crippen LogP contribution in [0.5, 0.6) is 0 Å². The Hall–Kier alpha value is -3.40. The number of pyridine rings is 1. The maximum atomic E-state index is 12.7. The summed E-state index contributed by atoms with van der Waals surface area (Å²) in [7, 11) is 0. The molecule has 0 unspecified atom stereocenters. The zero-order valence-electron chi connectivity index (χ0n) is 16.9. The van der Waals surface area contributed by atoms with Crippen LogP contribution in [-0.4, -0.2) is 29.0 Å². The Morgan fingerprint density at radius 2 is 1.57 bits per heavy atom. The average Bonchev–Trinajstić information content (AvgIpc) is 2.79. The van der Waals surface area contributed by atoms with E-state index in [2.05, 4.69) is 52.8 Å². The first-order chi connectivity index (χ1) is 14.7. The number of nitrogens with zero attached hydrogens (tertiary/aromatic N) is 2. The molecule has 4 nitrogen and oxygen atoms in total. The van der Waals surface area contributed by atoms with Crippen LogP contribution in [0.1, 0.15) is 18.4 Å². The average molecular weight is 396 g/mol. The highest BCUT2D eigenvalue weighted by Gasteiger charge is 2.23. The molecule has 2 amide bonds. The molecule has 30 heavy (non-hydrogen) atoms. The minimum atomic E-state index is -0.0538. The van der Waals surface area contributed by atoms with Gasteiger partial charge in [-0.25, -0.2) is 9.78 Å². The Kier molecular flexibility index (Phi) is 5.06. The van der Waals surface area contributed by atoms with Crippen LogP contribution in [0.15, 0.2) is 78.9 Å². The molecule has 150 valence electrons. The topological polar surface area (TPSA) is 45.2 Å². The molecule has 1 saturated heterocycles. The lowest BCUT2D eigenvalue weighted by atomic mass is 9.89. The number of nitrogens with one attached hydrogen (secondary N) is 1. The molecule has 0 atom stereocenters. The van der Waals surface area contributed by atoms with Crippen molar-refractivity contribution in [2.75, 3.05) is 18.4 Å². The Morgan fingerprint density at radius 3 is 2.40 bits per heavy atom. The number of fused-ring (bicyclic) bond motifs is 2. The molecule has 0 bridgehead atoms. The molecular weight excluding hydrogens is 370 g/mol. The van der Waals surface area contributed by atoms with Gasteiger partial charge in [-0.1, -0.05) is 60.7 Å². The van der Waals surface area contributed by atoms with Gasteiger partial charge < -0.3 is 4.90 Å². The molecule has 1 aliphatic heterocycles. The number of benzene rings is 3. The normalized spacial score (nSPS) is 14.9. The molecule has 5 rings (SSSR count). The third-order valence-electron chi connectivity index (χ3n) is 6.07. The van der Waals surface area contributed by atoms with E-state index in [4.69, 9.17) is 0 Å². The summed E-state index contributed by atoms with van der Waals surface area (Å²) < 4.78 is 0. The summed E-state index contributed by atoms with van der Waals surface area (Å²) in [6.45, 7) is 1.58. The third-order valence-corrected chi connectivity index (χ3v) is 6.07. The number of hydrogen-bond acceptors (Lipinski definition) is 2. The van der Waals surface area contributed by atoms with E-state index in [0.29, 0.717) is 11.7 Å². The highest BCUT2D eigenvalue weighted by molar-refractivity contribution is 5.90. The van der Waals surface area contributed by atoms with Crippen LogP contribution in [0, 0.1) is 5.92 Å². The van der Waals surface area contributed by atoms with E-state index in [1.807, 2.05) is 41.3 Å². The maximum absolute atomic E-state index is 12.7. The molecule has 0 spiro atoms. The van der Waals surface area contributed by atoms with Crippen LogP contribution in [0.4, 0.5) is 10.6 Å². The zero-order chi connectivity index (χ0) is 20.3. The number of piperidine rings is 1. The summed E-state index contributed by atoms with van der Waals surface area (Å²) >= 11 is 0. The number of para-hydroxylation sites is 1. The van der Waals surface area contributed by atoms with E-state index in [1.165, 1.54) is 16.3 Å². The second-order valence-corrected chi connectivity index (χ2v) is 8.14. The second kappa shape index (κ2) is 8.15. The van der Waals surface area contributed by atoms with Gasteiger partial charge in [0.25, 0.3) is 0 Å². The van der Waals surface area contributed by atoms with Crippen LogP contribution < -0.4 is 5.32 Å². The van der Waals surface area contributed by atoms with Gasteiger partial charge in [0.1, 0.15) is 5.82 Å². The number of likely N-dealkylation sites (tertiary alicyclic amines) is 1. The number of rotatable bonds is 3. The second-order valence-electron chi connectivity index (χ2n) is 8.14. The van der Waals surface area contributed by atoms with Crippen molar-refractivity contribution in [1.82, 2.24) is 9.88 Å². The molecule has 1 aromatic heterocycles. The fraction of sp³-hybridized carbons (Fsp3) is 0.231. The summed E-state index contributed by atoms with van der Waals surface area (Å²) in [4.78, 5) is 19.1. The molecule has 1 fully saturated rings. The summed E-state index contributed by atoms with van der Waals surface area (Å²) in [6.07, 6.45) is 3.14. The SMILES string of the molecule is O=C(Nc1ccc2ccccc2n1)N1CCC(Cc2ccc3ccccc3c2)CC1. The van der Waals surface area contributed by atoms with Crippen LogP contribution in [0.25, 0.3) is 21.7 Å². The molecular formula is C26H25N3O. The lowest BCUT2D eigenvalue weighted by Crippen LogP contribution is -2.41. The minimum absolute atomic E-state index is 0.0538. The Bertz CT molecular complexity index is 1190. The fourth-order valence-corrected chi connectivity index (χ4v) is 4.36. The van der Waals surface area contributed by atoms with Gasteiger partial charge in [0.2, 0.25) is 0 Å². The Balaban J connectivity index is 1.18. The molecule has 2 heterocycles. The van der Waals surface area contributed by atoms with Gasteiger partial charge in [-0.3, -0.25) is 5.32 Å². The van der Waals surface area contributed by atoms with E-state index in [1.54, 1.807) is 0 Å². The van der Waals surface area contributed by atoms with Crippen molar-refractivity contribution in [3.63, 3.8) is 0 Å². The van der Waals surface area contributed by atoms with Crippen LogP contribution in [-0.2, 0) is 6.42 Å². The molecule has 4 aromatic rings. The van der Waals surface area contributed by atoms with Crippen LogP contribution >= 0.6 is 0 Å². The van der Waals surface area contributed by atoms with Crippen molar-refractivity contribution in [2.24, 2.45) is 5.92 Å². The van der Waals surface area contributed by atoms with E-state index >= 15 is 0 Å². The first-order valence-corrected chi connectivity index (χ1v) is 10.6. The van der Waals surface area contributed by atoms with Crippen LogP contribution in [0.3, 0.4) is 0 Å². The van der Waals surface area contributed by atoms with Crippen molar-refractivity contribution in [1.29, 1.82) is 0 Å². The molecule has 1 N–H and O–H groups in total. The van der Waals surface area contributed by atoms with Gasteiger partial charge in [0, 0.05) is 18.5 Å². The number of urea groups is 1. The largest absolute Gasteiger partial charge is 0.324 e. The number of aromatic nitrogens is 1. The predicted molar refractivity (Wildman–Crippen MR) is 123 cm³/mol. The molecule has 3 aromatic carbocycles. The zero-order valence-corrected chi connectivity index (χ0v) is 16.9. The monoisotopic (exact) mass is 395 g/mol. The Labute approximate surface area is 176 Å². The number of carbonyl (C=O) groups excluding carboxylic acids is 1. The summed E-state index contributed by atoms with van der Waals surface area (Å²) in [6, 6.07) is 27.0. The number of amides is 2. The lowest BCUT2D eigenvalue weighted by Gasteiger charge is -2.32. The van der Waals surface area contributed by atoms with Crippen molar-refractivity contribution in [3.05, 3.63) is 84.4 Å². The fourth-order valence-electron chi connectivity index (χ4n) is 4.36. The number of carbonyl (C=O) groups is 1. The highest BCUT2D eigenvalue weighted by atomic mass is 16.2. The number of hydrogen-bond donors (Lipinski definition) is 1. The first kappa shape index (κ1) is 18.6. The van der Waals surface area contributed by atoms with Crippen molar-refractivity contribution in [2.45, 2.75) is 19.3 Å². The molecule has 0 saturated carbocycles. The van der Waals surface area contributed by atoms with Gasteiger partial charge >= 0.3 is 6.03 Å². The van der Waals surface area contributed by atoms with E-state index in [0.717, 1.165) is 43.3 Å². The minimum Gasteiger partial charge on any atom is -0.324 e. The van der Waals surface area contributed by atoms with Crippen molar-refractivity contribution < 1.29 is 4.79 Å². The van der Waals surface area contributed by atoms with E-state index in [9.17, 15) is 4.79 Å². The third kappa shape index (κ3) is 3.99. The maximum Gasteiger partial charge on any atom is 0.323 e. The van der Waals surface area contributed by atoms with E-state index < -0.39 is 0 Å². The van der Waals surface area contributed by atoms with Gasteiger partial charge in [0.15, 0.2) is 0 Å². The number of anilines is 1. The van der Waals surface area contributed by atoms with Crippen molar-refractivity contribution in [3.8, 4) is 0 Å². The lowest BCUT2D eigenvalue weighted by molar-refractivity contribution is 0.182. The van der Waals surface area contributed by atoms with E-state index in [-0.39, 0.29) is 6.03 Å². The molecule has 0 aliphatic carbocycles. The highest BCUT2D eigenvalue weighted by Crippen LogP contribution is 2.24. The van der Waals surface area contributed by atoms with Gasteiger partial charge in [0.05, 0.1) is 5.52 Å². The standard InChI is InChI=1S/C26H25N3O/c30-26(28-25-12-11-22-6-3-4-8-24(22)27-25)29-15-13-19(14-16-29)17-20-9-10-21-5-1-2-7-23(21)18-20/h1-12,18-19H,13-17H2,(H,27,28,30). The summed E-state index contributed by atoms with van der Waals surface area (Å²) in [5.41, 5.74) is 2.28. The first-order valence-electron chi connectivity index (χ1n) is 10.6. The van der Waals surface area contributed by atoms with Crippen molar-refractivity contribution >= 4 is 33.5 Å². The molecule has 0 radical (unpaired) electrons.